The molecule has 2 rings (SSSR count). The van der Waals surface area contributed by atoms with E-state index in [1.165, 1.54) is 0 Å². The van der Waals surface area contributed by atoms with Crippen molar-refractivity contribution in [3.8, 4) is 0 Å². The van der Waals surface area contributed by atoms with Gasteiger partial charge in [0.05, 0.1) is 17.6 Å². The zero-order chi connectivity index (χ0) is 15.5. The summed E-state index contributed by atoms with van der Waals surface area (Å²) in [4.78, 5) is 23.7. The topological polar surface area (TPSA) is 91.6 Å². The van der Waals surface area contributed by atoms with Gasteiger partial charge in [0.1, 0.15) is 11.5 Å². The number of aryl methyl sites for hydroxylation is 2. The Balaban J connectivity index is 1.83. The predicted octanol–water partition coefficient (Wildman–Crippen LogP) is 1.74. The van der Waals surface area contributed by atoms with Crippen LogP contribution in [-0.4, -0.2) is 22.5 Å². The molecule has 2 amide bonds. The fourth-order valence-corrected chi connectivity index (χ4v) is 2.78. The maximum atomic E-state index is 11.9. The first-order valence-corrected chi connectivity index (χ1v) is 7.28. The molecule has 0 bridgehead atoms. The van der Waals surface area contributed by atoms with Gasteiger partial charge in [-0.2, -0.15) is 0 Å². The molecule has 0 aliphatic heterocycles. The minimum Gasteiger partial charge on any atom is -0.466 e. The number of aliphatic hydroxyl groups is 1. The lowest BCUT2D eigenvalue weighted by molar-refractivity contribution is -0.128. The van der Waals surface area contributed by atoms with Crippen molar-refractivity contribution in [1.29, 1.82) is 0 Å². The van der Waals surface area contributed by atoms with E-state index in [9.17, 15) is 14.7 Å². The number of carbonyl (C=O) groups excluding carboxylic acids is 2. The maximum Gasteiger partial charge on any atom is 0.273 e. The largest absolute Gasteiger partial charge is 0.466 e. The molecule has 0 spiro atoms. The Morgan fingerprint density at radius 2 is 1.90 bits per heavy atom. The Bertz CT molecular complexity index is 530. The number of rotatable bonds is 3. The molecule has 6 heteroatoms. The molecule has 0 radical (unpaired) electrons. The highest BCUT2D eigenvalue weighted by Crippen LogP contribution is 2.30. The van der Waals surface area contributed by atoms with Gasteiger partial charge >= 0.3 is 0 Å². The second kappa shape index (κ2) is 6.30. The van der Waals surface area contributed by atoms with Crippen LogP contribution in [0.4, 0.5) is 0 Å². The van der Waals surface area contributed by atoms with E-state index in [-0.39, 0.29) is 12.3 Å². The van der Waals surface area contributed by atoms with E-state index in [0.717, 1.165) is 19.3 Å². The average molecular weight is 294 g/mol. The van der Waals surface area contributed by atoms with Gasteiger partial charge in [-0.25, -0.2) is 0 Å². The van der Waals surface area contributed by atoms with Crippen molar-refractivity contribution < 1.29 is 19.1 Å². The summed E-state index contributed by atoms with van der Waals surface area (Å²) in [6.45, 7) is 3.44. The van der Waals surface area contributed by atoms with Crippen molar-refractivity contribution in [1.82, 2.24) is 10.9 Å². The van der Waals surface area contributed by atoms with Gasteiger partial charge in [-0.1, -0.05) is 19.3 Å². The lowest BCUT2D eigenvalue weighted by Crippen LogP contribution is -2.45. The van der Waals surface area contributed by atoms with E-state index in [1.54, 1.807) is 19.9 Å². The molecule has 6 nitrogen and oxygen atoms in total. The first-order valence-electron chi connectivity index (χ1n) is 7.28. The molecule has 1 aliphatic rings. The molecule has 116 valence electrons. The number of carbonyl (C=O) groups is 2. The van der Waals surface area contributed by atoms with Crippen molar-refractivity contribution in [2.75, 3.05) is 0 Å². The molecule has 0 atom stereocenters. The highest BCUT2D eigenvalue weighted by molar-refractivity contribution is 5.96. The third-order valence-electron chi connectivity index (χ3n) is 3.87. The van der Waals surface area contributed by atoms with Crippen LogP contribution in [-0.2, 0) is 4.79 Å². The van der Waals surface area contributed by atoms with Crippen molar-refractivity contribution >= 4 is 11.8 Å². The van der Waals surface area contributed by atoms with Crippen LogP contribution in [0.3, 0.4) is 0 Å². The number of hydrazine groups is 1. The summed E-state index contributed by atoms with van der Waals surface area (Å²) in [6.07, 6.45) is 4.24. The van der Waals surface area contributed by atoms with Gasteiger partial charge in [-0.05, 0) is 32.8 Å². The summed E-state index contributed by atoms with van der Waals surface area (Å²) in [5, 5.41) is 10.3. The summed E-state index contributed by atoms with van der Waals surface area (Å²) in [5.74, 6) is 0.338. The van der Waals surface area contributed by atoms with Gasteiger partial charge in [0.15, 0.2) is 0 Å². The minimum absolute atomic E-state index is 0.0106. The molecule has 1 aliphatic carbocycles. The molecule has 1 aromatic rings. The van der Waals surface area contributed by atoms with E-state index in [4.69, 9.17) is 4.42 Å². The number of hydrogen-bond acceptors (Lipinski definition) is 4. The SMILES string of the molecule is Cc1cc(C(=O)NNC(=O)CC2(O)CCCCC2)c(C)o1. The van der Waals surface area contributed by atoms with Crippen LogP contribution in [0.2, 0.25) is 0 Å². The monoisotopic (exact) mass is 294 g/mol. The van der Waals surface area contributed by atoms with Crippen LogP contribution in [0.15, 0.2) is 10.5 Å². The van der Waals surface area contributed by atoms with Gasteiger partial charge in [-0.3, -0.25) is 20.4 Å². The zero-order valence-corrected chi connectivity index (χ0v) is 12.5. The quantitative estimate of drug-likeness (QED) is 0.740. The summed E-state index contributed by atoms with van der Waals surface area (Å²) in [7, 11) is 0. The van der Waals surface area contributed by atoms with E-state index in [0.29, 0.717) is 29.9 Å². The van der Waals surface area contributed by atoms with E-state index in [2.05, 4.69) is 10.9 Å². The third kappa shape index (κ3) is 4.07. The first-order chi connectivity index (χ1) is 9.89. The van der Waals surface area contributed by atoms with Crippen LogP contribution in [0.1, 0.15) is 60.4 Å². The third-order valence-corrected chi connectivity index (χ3v) is 3.87. The van der Waals surface area contributed by atoms with Crippen molar-refractivity contribution in [2.45, 2.75) is 58.0 Å². The molecule has 21 heavy (non-hydrogen) atoms. The molecule has 0 unspecified atom stereocenters. The summed E-state index contributed by atoms with van der Waals surface area (Å²) >= 11 is 0. The van der Waals surface area contributed by atoms with E-state index < -0.39 is 11.5 Å². The molecule has 1 saturated carbocycles. The van der Waals surface area contributed by atoms with Crippen molar-refractivity contribution in [3.05, 3.63) is 23.2 Å². The number of nitrogens with one attached hydrogen (secondary N) is 2. The number of furan rings is 1. The Kier molecular flexibility index (Phi) is 4.67. The minimum atomic E-state index is -0.935. The van der Waals surface area contributed by atoms with Crippen LogP contribution in [0.25, 0.3) is 0 Å². The number of hydrogen-bond donors (Lipinski definition) is 3. The van der Waals surface area contributed by atoms with Crippen molar-refractivity contribution in [3.63, 3.8) is 0 Å². The molecule has 0 saturated heterocycles. The average Bonchev–Trinajstić information content (AvgIpc) is 2.75. The highest BCUT2D eigenvalue weighted by atomic mass is 16.3. The lowest BCUT2D eigenvalue weighted by atomic mass is 9.82. The zero-order valence-electron chi connectivity index (χ0n) is 12.5. The number of amides is 2. The van der Waals surface area contributed by atoms with Crippen LogP contribution in [0, 0.1) is 13.8 Å². The Morgan fingerprint density at radius 1 is 1.24 bits per heavy atom. The molecule has 0 aromatic carbocycles. The lowest BCUT2D eigenvalue weighted by Gasteiger charge is -2.31. The summed E-state index contributed by atoms with van der Waals surface area (Å²) < 4.78 is 5.27. The second-order valence-electron chi connectivity index (χ2n) is 5.79. The fraction of sp³-hybridized carbons (Fsp3) is 0.600. The Morgan fingerprint density at radius 3 is 2.48 bits per heavy atom. The molecular formula is C15H22N2O4. The van der Waals surface area contributed by atoms with Gasteiger partial charge in [0.25, 0.3) is 5.91 Å². The van der Waals surface area contributed by atoms with E-state index in [1.807, 2.05) is 0 Å². The van der Waals surface area contributed by atoms with Gasteiger partial charge in [0.2, 0.25) is 5.91 Å². The molecule has 3 N–H and O–H groups in total. The summed E-state index contributed by atoms with van der Waals surface area (Å²) in [5.41, 5.74) is 4.16. The van der Waals surface area contributed by atoms with Gasteiger partial charge in [-0.15, -0.1) is 0 Å². The maximum absolute atomic E-state index is 11.9. The normalized spacial score (nSPS) is 17.3. The van der Waals surface area contributed by atoms with Gasteiger partial charge in [0, 0.05) is 0 Å². The van der Waals surface area contributed by atoms with Crippen LogP contribution >= 0.6 is 0 Å². The van der Waals surface area contributed by atoms with Gasteiger partial charge < -0.3 is 9.52 Å². The summed E-state index contributed by atoms with van der Waals surface area (Å²) in [6, 6.07) is 1.62. The Hall–Kier alpha value is -1.82. The predicted molar refractivity (Wildman–Crippen MR) is 76.4 cm³/mol. The smallest absolute Gasteiger partial charge is 0.273 e. The molecule has 1 aromatic heterocycles. The second-order valence-corrected chi connectivity index (χ2v) is 5.79. The fourth-order valence-electron chi connectivity index (χ4n) is 2.78. The highest BCUT2D eigenvalue weighted by Gasteiger charge is 2.31. The molecular weight excluding hydrogens is 272 g/mol. The van der Waals surface area contributed by atoms with Crippen molar-refractivity contribution in [2.24, 2.45) is 0 Å². The first kappa shape index (κ1) is 15.6. The standard InChI is InChI=1S/C15H22N2O4/c1-10-8-12(11(2)21-10)14(19)17-16-13(18)9-15(20)6-4-3-5-7-15/h8,20H,3-7,9H2,1-2H3,(H,16,18)(H,17,19). The van der Waals surface area contributed by atoms with Crippen LogP contribution < -0.4 is 10.9 Å². The molecule has 1 fully saturated rings. The van der Waals surface area contributed by atoms with E-state index >= 15 is 0 Å². The molecule has 1 heterocycles. The van der Waals surface area contributed by atoms with Crippen LogP contribution in [0.5, 0.6) is 0 Å². The Labute approximate surface area is 123 Å².